The van der Waals surface area contributed by atoms with Crippen molar-refractivity contribution in [3.8, 4) is 5.75 Å². The van der Waals surface area contributed by atoms with Crippen molar-refractivity contribution in [2.75, 3.05) is 13.2 Å². The fourth-order valence-electron chi connectivity index (χ4n) is 1.96. The molecule has 1 aromatic carbocycles. The molecule has 0 aliphatic carbocycles. The standard InChI is InChI=1S/C13H18BrNO/c1-13(2,3)11-7-10(14)6-9-8-15-4-5-16-12(9)11/h6-7,15H,4-5,8H2,1-3H3. The molecule has 1 aliphatic heterocycles. The van der Waals surface area contributed by atoms with Gasteiger partial charge in [0.1, 0.15) is 12.4 Å². The van der Waals surface area contributed by atoms with E-state index < -0.39 is 0 Å². The number of benzene rings is 1. The summed E-state index contributed by atoms with van der Waals surface area (Å²) in [4.78, 5) is 0. The lowest BCUT2D eigenvalue weighted by Gasteiger charge is -2.24. The first-order valence-electron chi connectivity index (χ1n) is 5.65. The smallest absolute Gasteiger partial charge is 0.127 e. The van der Waals surface area contributed by atoms with E-state index in [2.05, 4.69) is 54.2 Å². The predicted octanol–water partition coefficient (Wildman–Crippen LogP) is 3.23. The minimum Gasteiger partial charge on any atom is -0.492 e. The van der Waals surface area contributed by atoms with Crippen LogP contribution in [0.1, 0.15) is 31.9 Å². The lowest BCUT2D eigenvalue weighted by atomic mass is 9.85. The first-order valence-corrected chi connectivity index (χ1v) is 6.44. The molecule has 0 spiro atoms. The summed E-state index contributed by atoms with van der Waals surface area (Å²) in [5, 5.41) is 3.36. The highest BCUT2D eigenvalue weighted by Gasteiger charge is 2.23. The van der Waals surface area contributed by atoms with Gasteiger partial charge in [-0.3, -0.25) is 0 Å². The Kier molecular flexibility index (Phi) is 3.27. The van der Waals surface area contributed by atoms with Gasteiger partial charge in [-0.15, -0.1) is 0 Å². The Balaban J connectivity index is 2.55. The number of rotatable bonds is 0. The Bertz CT molecular complexity index is 396. The van der Waals surface area contributed by atoms with E-state index in [4.69, 9.17) is 4.74 Å². The zero-order valence-electron chi connectivity index (χ0n) is 10.1. The molecule has 16 heavy (non-hydrogen) atoms. The van der Waals surface area contributed by atoms with Crippen LogP contribution in [0, 0.1) is 0 Å². The van der Waals surface area contributed by atoms with Crippen LogP contribution in [-0.2, 0) is 12.0 Å². The van der Waals surface area contributed by atoms with Crippen LogP contribution in [0.5, 0.6) is 5.75 Å². The topological polar surface area (TPSA) is 21.3 Å². The molecule has 0 radical (unpaired) electrons. The van der Waals surface area contributed by atoms with Gasteiger partial charge in [-0.25, -0.2) is 0 Å². The molecule has 1 aliphatic rings. The SMILES string of the molecule is CC(C)(C)c1cc(Br)cc2c1OCCNC2. The maximum atomic E-state index is 5.88. The summed E-state index contributed by atoms with van der Waals surface area (Å²) in [6, 6.07) is 4.31. The van der Waals surface area contributed by atoms with Gasteiger partial charge in [0.25, 0.3) is 0 Å². The van der Waals surface area contributed by atoms with Gasteiger partial charge in [0, 0.05) is 28.7 Å². The van der Waals surface area contributed by atoms with Crippen LogP contribution in [-0.4, -0.2) is 13.2 Å². The van der Waals surface area contributed by atoms with E-state index in [-0.39, 0.29) is 5.41 Å². The lowest BCUT2D eigenvalue weighted by molar-refractivity contribution is 0.317. The van der Waals surface area contributed by atoms with Crippen LogP contribution < -0.4 is 10.1 Å². The van der Waals surface area contributed by atoms with Gasteiger partial charge in [0.05, 0.1) is 0 Å². The molecular weight excluding hydrogens is 266 g/mol. The average molecular weight is 284 g/mol. The molecular formula is C13H18BrNO. The van der Waals surface area contributed by atoms with Crippen LogP contribution in [0.3, 0.4) is 0 Å². The molecule has 1 aromatic rings. The molecule has 88 valence electrons. The van der Waals surface area contributed by atoms with Crippen molar-refractivity contribution in [2.24, 2.45) is 0 Å². The molecule has 3 heteroatoms. The lowest BCUT2D eigenvalue weighted by Crippen LogP contribution is -2.16. The minimum atomic E-state index is 0.109. The second-order valence-corrected chi connectivity index (χ2v) is 6.13. The van der Waals surface area contributed by atoms with E-state index in [1.54, 1.807) is 0 Å². The van der Waals surface area contributed by atoms with Gasteiger partial charge in [-0.2, -0.15) is 0 Å². The second-order valence-electron chi connectivity index (χ2n) is 5.22. The number of hydrogen-bond donors (Lipinski definition) is 1. The highest BCUT2D eigenvalue weighted by Crippen LogP contribution is 2.37. The van der Waals surface area contributed by atoms with Crippen molar-refractivity contribution in [1.82, 2.24) is 5.32 Å². The van der Waals surface area contributed by atoms with Crippen molar-refractivity contribution >= 4 is 15.9 Å². The first-order chi connectivity index (χ1) is 7.48. The summed E-state index contributed by atoms with van der Waals surface area (Å²) < 4.78 is 7.01. The molecule has 0 saturated heterocycles. The molecule has 0 atom stereocenters. The first kappa shape index (κ1) is 11.9. The third kappa shape index (κ3) is 2.41. The number of hydrogen-bond acceptors (Lipinski definition) is 2. The van der Waals surface area contributed by atoms with Gasteiger partial charge in [-0.1, -0.05) is 36.7 Å². The van der Waals surface area contributed by atoms with Crippen molar-refractivity contribution < 1.29 is 4.74 Å². The summed E-state index contributed by atoms with van der Waals surface area (Å²) >= 11 is 3.58. The number of nitrogens with one attached hydrogen (secondary N) is 1. The molecule has 0 aromatic heterocycles. The Morgan fingerprint density at radius 1 is 1.31 bits per heavy atom. The Labute approximate surface area is 106 Å². The number of fused-ring (bicyclic) bond motifs is 1. The zero-order chi connectivity index (χ0) is 11.8. The Morgan fingerprint density at radius 2 is 2.06 bits per heavy atom. The van der Waals surface area contributed by atoms with Gasteiger partial charge < -0.3 is 10.1 Å². The highest BCUT2D eigenvalue weighted by atomic mass is 79.9. The molecule has 1 heterocycles. The van der Waals surface area contributed by atoms with Crippen LogP contribution in [0.25, 0.3) is 0 Å². The van der Waals surface area contributed by atoms with Gasteiger partial charge in [0.2, 0.25) is 0 Å². The fourth-order valence-corrected chi connectivity index (χ4v) is 2.46. The summed E-state index contributed by atoms with van der Waals surface area (Å²) in [5.74, 6) is 1.07. The van der Waals surface area contributed by atoms with E-state index in [1.165, 1.54) is 11.1 Å². The molecule has 0 unspecified atom stereocenters. The normalized spacial score (nSPS) is 16.2. The van der Waals surface area contributed by atoms with E-state index in [1.807, 2.05) is 0 Å². The van der Waals surface area contributed by atoms with E-state index >= 15 is 0 Å². The van der Waals surface area contributed by atoms with E-state index in [0.29, 0.717) is 0 Å². The molecule has 2 rings (SSSR count). The monoisotopic (exact) mass is 283 g/mol. The average Bonchev–Trinajstić information content (AvgIpc) is 2.39. The van der Waals surface area contributed by atoms with Crippen molar-refractivity contribution in [3.63, 3.8) is 0 Å². The third-order valence-electron chi connectivity index (χ3n) is 2.78. The zero-order valence-corrected chi connectivity index (χ0v) is 11.6. The van der Waals surface area contributed by atoms with Crippen LogP contribution in [0.2, 0.25) is 0 Å². The highest BCUT2D eigenvalue weighted by molar-refractivity contribution is 9.10. The largest absolute Gasteiger partial charge is 0.492 e. The Morgan fingerprint density at radius 3 is 2.75 bits per heavy atom. The predicted molar refractivity (Wildman–Crippen MR) is 70.0 cm³/mol. The fraction of sp³-hybridized carbons (Fsp3) is 0.538. The maximum absolute atomic E-state index is 5.88. The van der Waals surface area contributed by atoms with E-state index in [9.17, 15) is 0 Å². The molecule has 0 saturated carbocycles. The quantitative estimate of drug-likeness (QED) is 0.789. The summed E-state index contributed by atoms with van der Waals surface area (Å²) in [7, 11) is 0. The van der Waals surface area contributed by atoms with Crippen molar-refractivity contribution in [1.29, 1.82) is 0 Å². The molecule has 0 bridgehead atoms. The molecule has 1 N–H and O–H groups in total. The summed E-state index contributed by atoms with van der Waals surface area (Å²) in [6.07, 6.45) is 0. The summed E-state index contributed by atoms with van der Waals surface area (Å²) in [5.41, 5.74) is 2.63. The van der Waals surface area contributed by atoms with Crippen molar-refractivity contribution in [3.05, 3.63) is 27.7 Å². The molecule has 2 nitrogen and oxygen atoms in total. The van der Waals surface area contributed by atoms with E-state index in [0.717, 1.165) is 29.9 Å². The number of ether oxygens (including phenoxy) is 1. The third-order valence-corrected chi connectivity index (χ3v) is 3.24. The van der Waals surface area contributed by atoms with Crippen molar-refractivity contribution in [2.45, 2.75) is 32.7 Å². The van der Waals surface area contributed by atoms with Crippen LogP contribution in [0.4, 0.5) is 0 Å². The summed E-state index contributed by atoms with van der Waals surface area (Å²) in [6.45, 7) is 9.20. The van der Waals surface area contributed by atoms with Gasteiger partial charge in [-0.05, 0) is 17.5 Å². The second kappa shape index (κ2) is 4.38. The Hall–Kier alpha value is -0.540. The van der Waals surface area contributed by atoms with Crippen LogP contribution >= 0.6 is 15.9 Å². The van der Waals surface area contributed by atoms with Gasteiger partial charge >= 0.3 is 0 Å². The minimum absolute atomic E-state index is 0.109. The van der Waals surface area contributed by atoms with Crippen LogP contribution in [0.15, 0.2) is 16.6 Å². The number of halogens is 1. The van der Waals surface area contributed by atoms with Gasteiger partial charge in [0.15, 0.2) is 0 Å². The maximum Gasteiger partial charge on any atom is 0.127 e. The molecule has 0 amide bonds. The molecule has 0 fully saturated rings.